The highest BCUT2D eigenvalue weighted by Gasteiger charge is 2.25. The van der Waals surface area contributed by atoms with Gasteiger partial charge in [-0.05, 0) is 19.4 Å². The first-order valence-electron chi connectivity index (χ1n) is 5.23. The minimum atomic E-state index is -1.04. The number of benzene rings is 1. The molecule has 0 aromatic heterocycles. The highest BCUT2D eigenvalue weighted by molar-refractivity contribution is 5.76. The van der Waals surface area contributed by atoms with Crippen molar-refractivity contribution in [1.82, 2.24) is 0 Å². The summed E-state index contributed by atoms with van der Waals surface area (Å²) in [6.45, 7) is 3.86. The predicted octanol–water partition coefficient (Wildman–Crippen LogP) is 0.919. The molecule has 0 aliphatic rings. The van der Waals surface area contributed by atoms with Crippen LogP contribution in [0, 0.1) is 6.92 Å². The Bertz CT molecular complexity index is 365. The number of hydrogen-bond donors (Lipinski definition) is 2. The van der Waals surface area contributed by atoms with Crippen LogP contribution in [0.2, 0.25) is 0 Å². The van der Waals surface area contributed by atoms with Gasteiger partial charge < -0.3 is 15.6 Å². The number of aliphatic hydroxyl groups is 1. The zero-order chi connectivity index (χ0) is 12.1. The normalized spacial score (nSPS) is 14.2. The van der Waals surface area contributed by atoms with Gasteiger partial charge in [0.2, 0.25) is 0 Å². The molecule has 0 saturated heterocycles. The molecule has 1 aromatic rings. The highest BCUT2D eigenvalue weighted by atomic mass is 16.5. The lowest BCUT2D eigenvalue weighted by Crippen LogP contribution is -2.38. The minimum absolute atomic E-state index is 0.257. The summed E-state index contributed by atoms with van der Waals surface area (Å²) in [5.41, 5.74) is 7.24. The third-order valence-corrected chi connectivity index (χ3v) is 2.28. The Labute approximate surface area is 95.0 Å². The van der Waals surface area contributed by atoms with E-state index in [9.17, 15) is 9.90 Å². The molecule has 0 heterocycles. The lowest BCUT2D eigenvalue weighted by molar-refractivity contribution is -0.147. The van der Waals surface area contributed by atoms with Gasteiger partial charge in [0.1, 0.15) is 12.1 Å². The number of ether oxygens (including phenoxy) is 1. The van der Waals surface area contributed by atoms with Crippen LogP contribution >= 0.6 is 0 Å². The van der Waals surface area contributed by atoms with E-state index < -0.39 is 18.1 Å². The molecule has 3 N–H and O–H groups in total. The van der Waals surface area contributed by atoms with Crippen LogP contribution in [0.15, 0.2) is 24.3 Å². The van der Waals surface area contributed by atoms with Gasteiger partial charge in [-0.1, -0.05) is 29.8 Å². The molecule has 0 bridgehead atoms. The fourth-order valence-corrected chi connectivity index (χ4v) is 1.43. The van der Waals surface area contributed by atoms with Gasteiger partial charge in [0, 0.05) is 0 Å². The Morgan fingerprint density at radius 3 is 2.81 bits per heavy atom. The number of aliphatic hydroxyl groups excluding tert-OH is 1. The highest BCUT2D eigenvalue weighted by Crippen LogP contribution is 2.17. The SMILES string of the molecule is CCOC(=O)C(N)C(O)c1cccc(C)c1. The summed E-state index contributed by atoms with van der Waals surface area (Å²) in [6.07, 6.45) is -1.03. The van der Waals surface area contributed by atoms with Crippen LogP contribution in [0.3, 0.4) is 0 Å². The van der Waals surface area contributed by atoms with Gasteiger partial charge in [0.25, 0.3) is 0 Å². The summed E-state index contributed by atoms with van der Waals surface area (Å²) >= 11 is 0. The van der Waals surface area contributed by atoms with Gasteiger partial charge in [0.05, 0.1) is 6.61 Å². The second-order valence-corrected chi connectivity index (χ2v) is 3.64. The number of hydrogen-bond acceptors (Lipinski definition) is 4. The molecule has 0 amide bonds. The Hall–Kier alpha value is -1.39. The van der Waals surface area contributed by atoms with E-state index in [4.69, 9.17) is 10.5 Å². The van der Waals surface area contributed by atoms with Crippen LogP contribution in [0.4, 0.5) is 0 Å². The fourth-order valence-electron chi connectivity index (χ4n) is 1.43. The van der Waals surface area contributed by atoms with Crippen molar-refractivity contribution in [3.8, 4) is 0 Å². The maximum Gasteiger partial charge on any atom is 0.325 e. The van der Waals surface area contributed by atoms with Gasteiger partial charge in [-0.3, -0.25) is 4.79 Å². The van der Waals surface area contributed by atoms with Crippen molar-refractivity contribution in [2.75, 3.05) is 6.61 Å². The van der Waals surface area contributed by atoms with Crippen LogP contribution < -0.4 is 5.73 Å². The monoisotopic (exact) mass is 223 g/mol. The standard InChI is InChI=1S/C12H17NO3/c1-3-16-12(15)10(13)11(14)9-6-4-5-8(2)7-9/h4-7,10-11,14H,3,13H2,1-2H3. The van der Waals surface area contributed by atoms with Gasteiger partial charge in [0.15, 0.2) is 0 Å². The van der Waals surface area contributed by atoms with E-state index in [0.29, 0.717) is 5.56 Å². The summed E-state index contributed by atoms with van der Waals surface area (Å²) in [6, 6.07) is 6.21. The molecule has 0 spiro atoms. The van der Waals surface area contributed by atoms with Crippen LogP contribution in [-0.4, -0.2) is 23.7 Å². The van der Waals surface area contributed by atoms with E-state index >= 15 is 0 Å². The molecule has 2 unspecified atom stereocenters. The van der Waals surface area contributed by atoms with Crippen molar-refractivity contribution in [1.29, 1.82) is 0 Å². The van der Waals surface area contributed by atoms with Gasteiger partial charge >= 0.3 is 5.97 Å². The van der Waals surface area contributed by atoms with Crippen molar-refractivity contribution in [3.63, 3.8) is 0 Å². The maximum atomic E-state index is 11.3. The summed E-state index contributed by atoms with van der Waals surface area (Å²) in [5, 5.41) is 9.88. The van der Waals surface area contributed by atoms with Crippen LogP contribution in [0.25, 0.3) is 0 Å². The summed E-state index contributed by atoms with van der Waals surface area (Å²) in [5.74, 6) is -0.587. The molecule has 0 aliphatic heterocycles. The van der Waals surface area contributed by atoms with Crippen molar-refractivity contribution in [2.45, 2.75) is 26.0 Å². The molecule has 1 aromatic carbocycles. The fraction of sp³-hybridized carbons (Fsp3) is 0.417. The number of rotatable bonds is 4. The number of aryl methyl sites for hydroxylation is 1. The smallest absolute Gasteiger partial charge is 0.325 e. The first-order chi connectivity index (χ1) is 7.56. The van der Waals surface area contributed by atoms with Gasteiger partial charge in [-0.15, -0.1) is 0 Å². The summed E-state index contributed by atoms with van der Waals surface area (Å²) in [4.78, 5) is 11.3. The maximum absolute atomic E-state index is 11.3. The quantitative estimate of drug-likeness (QED) is 0.744. The molecular weight excluding hydrogens is 206 g/mol. The molecule has 4 heteroatoms. The van der Waals surface area contributed by atoms with Crippen LogP contribution in [0.1, 0.15) is 24.2 Å². The molecule has 0 aliphatic carbocycles. The van der Waals surface area contributed by atoms with Crippen molar-refractivity contribution in [2.24, 2.45) is 5.73 Å². The summed E-state index contributed by atoms with van der Waals surface area (Å²) in [7, 11) is 0. The Morgan fingerprint density at radius 1 is 1.56 bits per heavy atom. The molecule has 2 atom stereocenters. The molecule has 0 saturated carbocycles. The summed E-state index contributed by atoms with van der Waals surface area (Å²) < 4.78 is 4.75. The van der Waals surface area contributed by atoms with Gasteiger partial charge in [-0.2, -0.15) is 0 Å². The molecule has 16 heavy (non-hydrogen) atoms. The van der Waals surface area contributed by atoms with Crippen molar-refractivity contribution in [3.05, 3.63) is 35.4 Å². The van der Waals surface area contributed by atoms with E-state index in [1.807, 2.05) is 19.1 Å². The lowest BCUT2D eigenvalue weighted by Gasteiger charge is -2.17. The molecule has 88 valence electrons. The van der Waals surface area contributed by atoms with E-state index in [1.165, 1.54) is 0 Å². The minimum Gasteiger partial charge on any atom is -0.465 e. The zero-order valence-corrected chi connectivity index (χ0v) is 9.51. The van der Waals surface area contributed by atoms with E-state index in [1.54, 1.807) is 19.1 Å². The molecule has 0 radical (unpaired) electrons. The average Bonchev–Trinajstić information content (AvgIpc) is 2.27. The Balaban J connectivity index is 2.77. The van der Waals surface area contributed by atoms with E-state index in [0.717, 1.165) is 5.56 Å². The second-order valence-electron chi connectivity index (χ2n) is 3.64. The second kappa shape index (κ2) is 5.63. The molecule has 1 rings (SSSR count). The van der Waals surface area contributed by atoms with E-state index in [-0.39, 0.29) is 6.61 Å². The lowest BCUT2D eigenvalue weighted by atomic mass is 10.0. The predicted molar refractivity (Wildman–Crippen MR) is 60.7 cm³/mol. The third kappa shape index (κ3) is 3.05. The Morgan fingerprint density at radius 2 is 2.25 bits per heavy atom. The van der Waals surface area contributed by atoms with Gasteiger partial charge in [-0.25, -0.2) is 0 Å². The number of esters is 1. The van der Waals surface area contributed by atoms with Crippen LogP contribution in [-0.2, 0) is 9.53 Å². The third-order valence-electron chi connectivity index (χ3n) is 2.28. The molecule has 4 nitrogen and oxygen atoms in total. The van der Waals surface area contributed by atoms with Crippen LogP contribution in [0.5, 0.6) is 0 Å². The van der Waals surface area contributed by atoms with Crippen molar-refractivity contribution < 1.29 is 14.6 Å². The van der Waals surface area contributed by atoms with E-state index in [2.05, 4.69) is 0 Å². The average molecular weight is 223 g/mol. The number of carbonyl (C=O) groups is 1. The zero-order valence-electron chi connectivity index (χ0n) is 9.51. The largest absolute Gasteiger partial charge is 0.465 e. The topological polar surface area (TPSA) is 72.5 Å². The molecular formula is C12H17NO3. The number of carbonyl (C=O) groups excluding carboxylic acids is 1. The molecule has 0 fully saturated rings. The first kappa shape index (κ1) is 12.7. The Kier molecular flexibility index (Phi) is 4.46. The number of nitrogens with two attached hydrogens (primary N) is 1. The first-order valence-corrected chi connectivity index (χ1v) is 5.23. The van der Waals surface area contributed by atoms with Crippen molar-refractivity contribution >= 4 is 5.97 Å².